The van der Waals surface area contributed by atoms with E-state index in [1.165, 1.54) is 0 Å². The van der Waals surface area contributed by atoms with Crippen molar-refractivity contribution in [1.29, 1.82) is 0 Å². The highest BCUT2D eigenvalue weighted by molar-refractivity contribution is 5.78. The molecule has 3 rings (SSSR count). The molecule has 0 saturated heterocycles. The maximum atomic E-state index is 6.25. The Labute approximate surface area is 111 Å². The average Bonchev–Trinajstić information content (AvgIpc) is 2.46. The van der Waals surface area contributed by atoms with Crippen LogP contribution in [-0.4, -0.2) is 15.0 Å². The van der Waals surface area contributed by atoms with Gasteiger partial charge in [-0.1, -0.05) is 18.2 Å². The number of para-hydroxylation sites is 1. The third-order valence-corrected chi connectivity index (χ3v) is 3.09. The zero-order valence-corrected chi connectivity index (χ0v) is 10.6. The standard InChI is InChI=1S/C15H14N4/c1-10-17-7-6-14(19-10)15(16)12-8-11-4-2-3-5-13(11)18-9-12/h2-9,15H,16H2,1H3. The molecule has 0 fully saturated rings. The minimum absolute atomic E-state index is 0.279. The van der Waals surface area contributed by atoms with Gasteiger partial charge in [-0.05, 0) is 30.7 Å². The minimum atomic E-state index is -0.279. The first kappa shape index (κ1) is 11.7. The zero-order chi connectivity index (χ0) is 13.2. The Morgan fingerprint density at radius 2 is 1.95 bits per heavy atom. The first-order chi connectivity index (χ1) is 9.24. The van der Waals surface area contributed by atoms with Crippen molar-refractivity contribution in [1.82, 2.24) is 15.0 Å². The van der Waals surface area contributed by atoms with E-state index in [0.29, 0.717) is 0 Å². The molecule has 2 N–H and O–H groups in total. The summed E-state index contributed by atoms with van der Waals surface area (Å²) in [6.45, 7) is 1.86. The highest BCUT2D eigenvalue weighted by atomic mass is 14.9. The predicted molar refractivity (Wildman–Crippen MR) is 74.5 cm³/mol. The molecule has 2 aromatic heterocycles. The van der Waals surface area contributed by atoms with E-state index in [4.69, 9.17) is 5.73 Å². The van der Waals surface area contributed by atoms with Crippen LogP contribution in [-0.2, 0) is 0 Å². The van der Waals surface area contributed by atoms with E-state index in [0.717, 1.165) is 28.0 Å². The topological polar surface area (TPSA) is 64.7 Å². The monoisotopic (exact) mass is 250 g/mol. The van der Waals surface area contributed by atoms with Crippen molar-refractivity contribution in [2.75, 3.05) is 0 Å². The minimum Gasteiger partial charge on any atom is -0.319 e. The van der Waals surface area contributed by atoms with Gasteiger partial charge in [-0.15, -0.1) is 0 Å². The second-order valence-corrected chi connectivity index (χ2v) is 4.47. The summed E-state index contributed by atoms with van der Waals surface area (Å²) in [4.78, 5) is 12.9. The summed E-state index contributed by atoms with van der Waals surface area (Å²) in [5.41, 5.74) is 8.98. The van der Waals surface area contributed by atoms with Crippen molar-refractivity contribution in [2.24, 2.45) is 5.73 Å². The fourth-order valence-electron chi connectivity index (χ4n) is 2.08. The summed E-state index contributed by atoms with van der Waals surface area (Å²) in [7, 11) is 0. The number of nitrogens with zero attached hydrogens (tertiary/aromatic N) is 3. The average molecular weight is 250 g/mol. The summed E-state index contributed by atoms with van der Waals surface area (Å²) >= 11 is 0. The van der Waals surface area contributed by atoms with Crippen LogP contribution in [0.15, 0.2) is 48.8 Å². The first-order valence-electron chi connectivity index (χ1n) is 6.14. The highest BCUT2D eigenvalue weighted by Crippen LogP contribution is 2.20. The van der Waals surface area contributed by atoms with Crippen LogP contribution in [0.4, 0.5) is 0 Å². The molecule has 19 heavy (non-hydrogen) atoms. The van der Waals surface area contributed by atoms with E-state index in [-0.39, 0.29) is 6.04 Å². The van der Waals surface area contributed by atoms with Crippen LogP contribution in [0.5, 0.6) is 0 Å². The van der Waals surface area contributed by atoms with Crippen LogP contribution >= 0.6 is 0 Å². The van der Waals surface area contributed by atoms with Crippen LogP contribution in [0.2, 0.25) is 0 Å². The van der Waals surface area contributed by atoms with Crippen molar-refractivity contribution >= 4 is 10.9 Å². The van der Waals surface area contributed by atoms with Gasteiger partial charge in [0.1, 0.15) is 5.82 Å². The molecule has 0 aliphatic heterocycles. The fourth-order valence-corrected chi connectivity index (χ4v) is 2.08. The Kier molecular flexibility index (Phi) is 2.93. The van der Waals surface area contributed by atoms with Gasteiger partial charge in [-0.3, -0.25) is 4.98 Å². The van der Waals surface area contributed by atoms with E-state index in [1.807, 2.05) is 43.5 Å². The maximum absolute atomic E-state index is 6.25. The van der Waals surface area contributed by atoms with Crippen LogP contribution < -0.4 is 5.73 Å². The molecule has 3 aromatic rings. The summed E-state index contributed by atoms with van der Waals surface area (Å²) in [5.74, 6) is 0.724. The van der Waals surface area contributed by atoms with Crippen molar-refractivity contribution in [3.05, 3.63) is 65.9 Å². The summed E-state index contributed by atoms with van der Waals surface area (Å²) in [5, 5.41) is 1.08. The molecule has 1 unspecified atom stereocenters. The van der Waals surface area contributed by atoms with Crippen molar-refractivity contribution in [2.45, 2.75) is 13.0 Å². The Balaban J connectivity index is 2.04. The van der Waals surface area contributed by atoms with Gasteiger partial charge in [0.05, 0.1) is 17.3 Å². The highest BCUT2D eigenvalue weighted by Gasteiger charge is 2.11. The van der Waals surface area contributed by atoms with Gasteiger partial charge in [0.15, 0.2) is 0 Å². The lowest BCUT2D eigenvalue weighted by atomic mass is 10.0. The van der Waals surface area contributed by atoms with E-state index in [2.05, 4.69) is 21.0 Å². The lowest BCUT2D eigenvalue weighted by molar-refractivity contribution is 0.804. The molecule has 1 atom stereocenters. The predicted octanol–water partition coefficient (Wildman–Crippen LogP) is 2.38. The van der Waals surface area contributed by atoms with Gasteiger partial charge < -0.3 is 5.73 Å². The second kappa shape index (κ2) is 4.74. The molecule has 0 aliphatic rings. The lowest BCUT2D eigenvalue weighted by Gasteiger charge is -2.12. The Morgan fingerprint density at radius 1 is 1.11 bits per heavy atom. The van der Waals surface area contributed by atoms with E-state index >= 15 is 0 Å². The molecule has 0 spiro atoms. The zero-order valence-electron chi connectivity index (χ0n) is 10.6. The molecule has 0 aliphatic carbocycles. The molecular formula is C15H14N4. The molecule has 0 amide bonds. The van der Waals surface area contributed by atoms with Gasteiger partial charge in [-0.25, -0.2) is 9.97 Å². The summed E-state index contributed by atoms with van der Waals surface area (Å²) in [6.07, 6.45) is 3.54. The third-order valence-electron chi connectivity index (χ3n) is 3.09. The Bertz CT molecular complexity index is 724. The number of nitrogens with two attached hydrogens (primary N) is 1. The number of aromatic nitrogens is 3. The van der Waals surface area contributed by atoms with E-state index in [1.54, 1.807) is 6.20 Å². The van der Waals surface area contributed by atoms with Crippen LogP contribution in [0.1, 0.15) is 23.1 Å². The fraction of sp³-hybridized carbons (Fsp3) is 0.133. The number of hydrogen-bond donors (Lipinski definition) is 1. The molecular weight excluding hydrogens is 236 g/mol. The van der Waals surface area contributed by atoms with E-state index in [9.17, 15) is 0 Å². The molecule has 2 heterocycles. The number of pyridine rings is 1. The summed E-state index contributed by atoms with van der Waals surface area (Å²) < 4.78 is 0. The van der Waals surface area contributed by atoms with Crippen molar-refractivity contribution < 1.29 is 0 Å². The van der Waals surface area contributed by atoms with Gasteiger partial charge in [-0.2, -0.15) is 0 Å². The quantitative estimate of drug-likeness (QED) is 0.758. The van der Waals surface area contributed by atoms with Crippen LogP contribution in [0.25, 0.3) is 10.9 Å². The summed E-state index contributed by atoms with van der Waals surface area (Å²) in [6, 6.07) is 11.6. The SMILES string of the molecule is Cc1nccc(C(N)c2cnc3ccccc3c2)n1. The van der Waals surface area contributed by atoms with Crippen LogP contribution in [0.3, 0.4) is 0 Å². The van der Waals surface area contributed by atoms with Crippen molar-refractivity contribution in [3.8, 4) is 0 Å². The molecule has 4 nitrogen and oxygen atoms in total. The Hall–Kier alpha value is -2.33. The number of rotatable bonds is 2. The Morgan fingerprint density at radius 3 is 2.79 bits per heavy atom. The van der Waals surface area contributed by atoms with E-state index < -0.39 is 0 Å². The van der Waals surface area contributed by atoms with Crippen molar-refractivity contribution in [3.63, 3.8) is 0 Å². The smallest absolute Gasteiger partial charge is 0.125 e. The third kappa shape index (κ3) is 2.30. The van der Waals surface area contributed by atoms with Crippen LogP contribution in [0, 0.1) is 6.92 Å². The number of fused-ring (bicyclic) bond motifs is 1. The molecule has 0 bridgehead atoms. The normalized spacial score (nSPS) is 12.5. The number of benzene rings is 1. The van der Waals surface area contributed by atoms with Gasteiger partial charge in [0.25, 0.3) is 0 Å². The largest absolute Gasteiger partial charge is 0.319 e. The van der Waals surface area contributed by atoms with Gasteiger partial charge in [0, 0.05) is 17.8 Å². The molecule has 0 radical (unpaired) electrons. The molecule has 4 heteroatoms. The van der Waals surface area contributed by atoms with Gasteiger partial charge >= 0.3 is 0 Å². The maximum Gasteiger partial charge on any atom is 0.125 e. The molecule has 94 valence electrons. The molecule has 0 saturated carbocycles. The lowest BCUT2D eigenvalue weighted by Crippen LogP contribution is -2.14. The second-order valence-electron chi connectivity index (χ2n) is 4.47. The number of hydrogen-bond acceptors (Lipinski definition) is 4. The molecule has 1 aromatic carbocycles. The first-order valence-corrected chi connectivity index (χ1v) is 6.14. The number of aryl methyl sites for hydroxylation is 1. The van der Waals surface area contributed by atoms with Gasteiger partial charge in [0.2, 0.25) is 0 Å².